The summed E-state index contributed by atoms with van der Waals surface area (Å²) in [5.41, 5.74) is 2.09. The number of nitrogens with zero attached hydrogens (tertiary/aromatic N) is 2. The molecule has 0 aliphatic carbocycles. The molecule has 154 valence electrons. The van der Waals surface area contributed by atoms with Gasteiger partial charge < -0.3 is 9.74 Å². The van der Waals surface area contributed by atoms with Crippen LogP contribution in [0.25, 0.3) is 0 Å². The minimum atomic E-state index is -0.329. The van der Waals surface area contributed by atoms with Gasteiger partial charge in [-0.1, -0.05) is 50.2 Å². The Hall–Kier alpha value is -2.76. The monoisotopic (exact) mass is 400 g/mol. The van der Waals surface area contributed by atoms with E-state index in [9.17, 15) is 13.6 Å². The highest BCUT2D eigenvalue weighted by molar-refractivity contribution is 6.01. The highest BCUT2D eigenvalue weighted by Crippen LogP contribution is 2.23. The van der Waals surface area contributed by atoms with Crippen molar-refractivity contribution >= 4 is 11.6 Å². The fraction of sp³-hybridized carbons (Fsp3) is 0.391. The summed E-state index contributed by atoms with van der Waals surface area (Å²) in [5.74, 6) is -0.649. The number of carbonyl (C=O) groups is 1. The number of amides is 1. The normalized spacial score (nSPS) is 16.3. The van der Waals surface area contributed by atoms with Crippen LogP contribution in [0.4, 0.5) is 8.78 Å². The third-order valence-electron chi connectivity index (χ3n) is 4.63. The van der Waals surface area contributed by atoms with Gasteiger partial charge in [-0.25, -0.2) is 8.78 Å². The number of hydrogen-bond acceptors (Lipinski definition) is 3. The van der Waals surface area contributed by atoms with Gasteiger partial charge in [0, 0.05) is 19.4 Å². The highest BCUT2D eigenvalue weighted by Gasteiger charge is 2.28. The highest BCUT2D eigenvalue weighted by atomic mass is 19.1. The summed E-state index contributed by atoms with van der Waals surface area (Å²) in [7, 11) is 0. The van der Waals surface area contributed by atoms with Crippen LogP contribution in [0, 0.1) is 17.0 Å². The van der Waals surface area contributed by atoms with Crippen molar-refractivity contribution in [2.75, 3.05) is 6.54 Å². The lowest BCUT2D eigenvalue weighted by molar-refractivity contribution is -0.135. The average molecular weight is 400 g/mol. The first-order valence-electron chi connectivity index (χ1n) is 9.70. The van der Waals surface area contributed by atoms with Crippen LogP contribution in [-0.2, 0) is 16.2 Å². The lowest BCUT2D eigenvalue weighted by Crippen LogP contribution is -2.38. The number of carbonyl (C=O) groups excluding carboxylic acids is 1. The molecular weight excluding hydrogens is 374 g/mol. The Labute approximate surface area is 170 Å². The fourth-order valence-corrected chi connectivity index (χ4v) is 3.26. The molecule has 1 unspecified atom stereocenters. The molecule has 0 spiro atoms. The van der Waals surface area contributed by atoms with E-state index in [1.54, 1.807) is 29.2 Å². The van der Waals surface area contributed by atoms with Crippen molar-refractivity contribution in [2.24, 2.45) is 10.6 Å². The molecule has 1 atom stereocenters. The third-order valence-corrected chi connectivity index (χ3v) is 4.63. The molecule has 0 N–H and O–H groups in total. The van der Waals surface area contributed by atoms with E-state index in [4.69, 9.17) is 4.84 Å². The molecule has 29 heavy (non-hydrogen) atoms. The Balaban J connectivity index is 1.69. The number of benzene rings is 2. The Morgan fingerprint density at radius 3 is 2.52 bits per heavy atom. The van der Waals surface area contributed by atoms with Crippen LogP contribution in [0.5, 0.6) is 0 Å². The second-order valence-corrected chi connectivity index (χ2v) is 8.62. The Morgan fingerprint density at radius 1 is 1.14 bits per heavy atom. The maximum atomic E-state index is 13.6. The maximum absolute atomic E-state index is 13.6. The van der Waals surface area contributed by atoms with E-state index in [-0.39, 0.29) is 29.1 Å². The van der Waals surface area contributed by atoms with E-state index in [0.29, 0.717) is 25.9 Å². The van der Waals surface area contributed by atoms with Crippen molar-refractivity contribution in [3.05, 3.63) is 71.3 Å². The first-order valence-corrected chi connectivity index (χ1v) is 9.70. The first kappa shape index (κ1) is 21.0. The predicted octanol–water partition coefficient (Wildman–Crippen LogP) is 4.92. The number of oxime groups is 1. The van der Waals surface area contributed by atoms with Gasteiger partial charge in [0.25, 0.3) is 0 Å². The number of rotatable bonds is 6. The molecule has 0 fully saturated rings. The predicted molar refractivity (Wildman–Crippen MR) is 108 cm³/mol. The van der Waals surface area contributed by atoms with Gasteiger partial charge in [-0.2, -0.15) is 0 Å². The summed E-state index contributed by atoms with van der Waals surface area (Å²) in [5, 5.41) is 4.12. The van der Waals surface area contributed by atoms with Crippen LogP contribution in [0.2, 0.25) is 0 Å². The topological polar surface area (TPSA) is 41.9 Å². The molecule has 2 aromatic carbocycles. The van der Waals surface area contributed by atoms with Crippen LogP contribution in [-0.4, -0.2) is 29.2 Å². The Bertz CT molecular complexity index is 888. The molecule has 1 amide bonds. The molecule has 1 heterocycles. The molecule has 0 saturated carbocycles. The van der Waals surface area contributed by atoms with Gasteiger partial charge in [0.1, 0.15) is 11.6 Å². The second kappa shape index (κ2) is 8.72. The molecule has 0 bridgehead atoms. The summed E-state index contributed by atoms with van der Waals surface area (Å²) < 4.78 is 26.7. The molecular formula is C23H26F2N2O2. The molecule has 2 aromatic rings. The average Bonchev–Trinajstić information content (AvgIpc) is 3.09. The molecule has 0 saturated heterocycles. The van der Waals surface area contributed by atoms with Gasteiger partial charge >= 0.3 is 0 Å². The Morgan fingerprint density at radius 2 is 1.86 bits per heavy atom. The molecule has 4 nitrogen and oxygen atoms in total. The van der Waals surface area contributed by atoms with E-state index in [2.05, 4.69) is 5.16 Å². The van der Waals surface area contributed by atoms with E-state index < -0.39 is 0 Å². The lowest BCUT2D eigenvalue weighted by atomic mass is 9.91. The van der Waals surface area contributed by atoms with Gasteiger partial charge in [-0.05, 0) is 40.8 Å². The molecule has 1 aliphatic heterocycles. The standard InChI is InChI=1S/C23H26F2N2O2/c1-23(2,3)13-22(28)27(14-16-5-4-6-19(25)11-16)15-20-12-21(26-29-20)17-7-9-18(24)10-8-17/h4-11,20H,12-15H2,1-3H3. The van der Waals surface area contributed by atoms with Crippen molar-refractivity contribution in [3.63, 3.8) is 0 Å². The van der Waals surface area contributed by atoms with Crippen molar-refractivity contribution in [3.8, 4) is 0 Å². The number of halogens is 2. The smallest absolute Gasteiger partial charge is 0.223 e. The molecule has 3 rings (SSSR count). The largest absolute Gasteiger partial charge is 0.390 e. The van der Waals surface area contributed by atoms with Crippen molar-refractivity contribution < 1.29 is 18.4 Å². The van der Waals surface area contributed by atoms with Crippen LogP contribution in [0.15, 0.2) is 53.7 Å². The Kier molecular flexibility index (Phi) is 6.30. The maximum Gasteiger partial charge on any atom is 0.223 e. The lowest BCUT2D eigenvalue weighted by Gasteiger charge is -2.28. The molecule has 0 radical (unpaired) electrons. The minimum absolute atomic E-state index is 0.0133. The van der Waals surface area contributed by atoms with Crippen LogP contribution >= 0.6 is 0 Å². The van der Waals surface area contributed by atoms with E-state index in [1.165, 1.54) is 24.3 Å². The van der Waals surface area contributed by atoms with Crippen LogP contribution in [0.1, 0.15) is 44.7 Å². The summed E-state index contributed by atoms with van der Waals surface area (Å²) in [6.45, 7) is 6.67. The number of hydrogen-bond donors (Lipinski definition) is 0. The quantitative estimate of drug-likeness (QED) is 0.690. The van der Waals surface area contributed by atoms with Gasteiger partial charge in [0.2, 0.25) is 5.91 Å². The van der Waals surface area contributed by atoms with Crippen molar-refractivity contribution in [1.29, 1.82) is 0 Å². The molecule has 1 aliphatic rings. The summed E-state index contributed by atoms with van der Waals surface area (Å²) in [6.07, 6.45) is 0.599. The van der Waals surface area contributed by atoms with Crippen LogP contribution in [0.3, 0.4) is 0 Å². The van der Waals surface area contributed by atoms with Gasteiger partial charge in [0.05, 0.1) is 12.3 Å². The first-order chi connectivity index (χ1) is 13.7. The third kappa shape index (κ3) is 6.11. The summed E-state index contributed by atoms with van der Waals surface area (Å²) in [6, 6.07) is 12.4. The second-order valence-electron chi connectivity index (χ2n) is 8.62. The van der Waals surface area contributed by atoms with Gasteiger partial charge in [-0.15, -0.1) is 0 Å². The summed E-state index contributed by atoms with van der Waals surface area (Å²) >= 11 is 0. The van der Waals surface area contributed by atoms with E-state index in [0.717, 1.165) is 16.8 Å². The SMILES string of the molecule is CC(C)(C)CC(=O)N(Cc1cccc(F)c1)CC1CC(c2ccc(F)cc2)=NO1. The van der Waals surface area contributed by atoms with E-state index >= 15 is 0 Å². The zero-order valence-electron chi connectivity index (χ0n) is 17.0. The zero-order chi connectivity index (χ0) is 21.0. The van der Waals surface area contributed by atoms with Gasteiger partial charge in [0.15, 0.2) is 6.10 Å². The molecule has 0 aromatic heterocycles. The minimum Gasteiger partial charge on any atom is -0.390 e. The van der Waals surface area contributed by atoms with Gasteiger partial charge in [-0.3, -0.25) is 4.79 Å². The fourth-order valence-electron chi connectivity index (χ4n) is 3.26. The van der Waals surface area contributed by atoms with Crippen molar-refractivity contribution in [2.45, 2.75) is 46.3 Å². The van der Waals surface area contributed by atoms with Crippen LogP contribution < -0.4 is 0 Å². The van der Waals surface area contributed by atoms with Crippen molar-refractivity contribution in [1.82, 2.24) is 4.90 Å². The molecule has 6 heteroatoms. The van der Waals surface area contributed by atoms with E-state index in [1.807, 2.05) is 20.8 Å². The summed E-state index contributed by atoms with van der Waals surface area (Å²) in [4.78, 5) is 20.2. The zero-order valence-corrected chi connectivity index (χ0v) is 17.0.